The lowest BCUT2D eigenvalue weighted by Gasteiger charge is -2.09. The minimum atomic E-state index is -0.513. The minimum Gasteiger partial charge on any atom is -0.484 e. The maximum absolute atomic E-state index is 11.3. The average Bonchev–Trinajstić information content (AvgIpc) is 2.26. The van der Waals surface area contributed by atoms with Gasteiger partial charge in [0.05, 0.1) is 11.0 Å². The van der Waals surface area contributed by atoms with Gasteiger partial charge in [0, 0.05) is 12.1 Å². The van der Waals surface area contributed by atoms with Crippen LogP contribution in [-0.2, 0) is 4.79 Å². The van der Waals surface area contributed by atoms with E-state index >= 15 is 0 Å². The number of nitro benzene ring substituents is 1. The Morgan fingerprint density at radius 2 is 2.24 bits per heavy atom. The standard InChI is InChI=1S/C11H14N2O4/c1-8(2)12-11(14)7-17-10-5-3-4-9(6-10)13(15)16/h3-6,8H,7H2,1-2H3,(H,12,14). The predicted octanol–water partition coefficient (Wildman–Crippen LogP) is 1.50. The molecule has 1 N–H and O–H groups in total. The normalized spacial score (nSPS) is 10.1. The van der Waals surface area contributed by atoms with Crippen LogP contribution in [0, 0.1) is 10.1 Å². The molecule has 6 nitrogen and oxygen atoms in total. The zero-order valence-corrected chi connectivity index (χ0v) is 9.67. The van der Waals surface area contributed by atoms with E-state index in [9.17, 15) is 14.9 Å². The number of benzene rings is 1. The van der Waals surface area contributed by atoms with Gasteiger partial charge in [0.25, 0.3) is 11.6 Å². The summed E-state index contributed by atoms with van der Waals surface area (Å²) in [4.78, 5) is 21.3. The molecule has 0 unspecified atom stereocenters. The van der Waals surface area contributed by atoms with Gasteiger partial charge >= 0.3 is 0 Å². The number of nitrogens with one attached hydrogen (secondary N) is 1. The van der Waals surface area contributed by atoms with Crippen LogP contribution in [0.1, 0.15) is 13.8 Å². The number of rotatable bonds is 5. The third-order valence-corrected chi connectivity index (χ3v) is 1.85. The van der Waals surface area contributed by atoms with Crippen molar-refractivity contribution >= 4 is 11.6 Å². The van der Waals surface area contributed by atoms with Gasteiger partial charge in [-0.25, -0.2) is 0 Å². The van der Waals surface area contributed by atoms with Crippen LogP contribution in [0.25, 0.3) is 0 Å². The van der Waals surface area contributed by atoms with Crippen molar-refractivity contribution in [1.82, 2.24) is 5.32 Å². The van der Waals surface area contributed by atoms with Gasteiger partial charge in [-0.15, -0.1) is 0 Å². The summed E-state index contributed by atoms with van der Waals surface area (Å²) in [5.74, 6) is 0.0459. The molecule has 0 aliphatic carbocycles. The molecular weight excluding hydrogens is 224 g/mol. The van der Waals surface area contributed by atoms with Gasteiger partial charge in [0.1, 0.15) is 5.75 Å². The second-order valence-electron chi connectivity index (χ2n) is 3.77. The maximum atomic E-state index is 11.3. The molecule has 0 saturated carbocycles. The van der Waals surface area contributed by atoms with Crippen molar-refractivity contribution in [2.45, 2.75) is 19.9 Å². The van der Waals surface area contributed by atoms with E-state index in [2.05, 4.69) is 5.32 Å². The zero-order chi connectivity index (χ0) is 12.8. The Labute approximate surface area is 98.7 Å². The van der Waals surface area contributed by atoms with Crippen LogP contribution in [0.4, 0.5) is 5.69 Å². The molecule has 0 saturated heterocycles. The predicted molar refractivity (Wildman–Crippen MR) is 61.9 cm³/mol. The van der Waals surface area contributed by atoms with E-state index in [0.29, 0.717) is 5.75 Å². The number of hydrogen-bond donors (Lipinski definition) is 1. The molecule has 0 radical (unpaired) electrons. The summed E-state index contributed by atoms with van der Waals surface area (Å²) in [5, 5.41) is 13.2. The van der Waals surface area contributed by atoms with Crippen molar-refractivity contribution in [2.75, 3.05) is 6.61 Å². The molecule has 6 heteroatoms. The first-order valence-corrected chi connectivity index (χ1v) is 5.15. The average molecular weight is 238 g/mol. The van der Waals surface area contributed by atoms with E-state index in [-0.39, 0.29) is 24.2 Å². The smallest absolute Gasteiger partial charge is 0.273 e. The SMILES string of the molecule is CC(C)NC(=O)COc1cccc([N+](=O)[O-])c1. The summed E-state index contributed by atoms with van der Waals surface area (Å²) in [6.07, 6.45) is 0. The zero-order valence-electron chi connectivity index (χ0n) is 9.67. The molecule has 0 spiro atoms. The fourth-order valence-electron chi connectivity index (χ4n) is 1.20. The summed E-state index contributed by atoms with van der Waals surface area (Å²) in [7, 11) is 0. The van der Waals surface area contributed by atoms with Crippen LogP contribution >= 0.6 is 0 Å². The van der Waals surface area contributed by atoms with Crippen molar-refractivity contribution < 1.29 is 14.5 Å². The van der Waals surface area contributed by atoms with Gasteiger partial charge in [-0.2, -0.15) is 0 Å². The van der Waals surface area contributed by atoms with Gasteiger partial charge in [-0.1, -0.05) is 6.07 Å². The molecular formula is C11H14N2O4. The van der Waals surface area contributed by atoms with E-state index < -0.39 is 4.92 Å². The second-order valence-corrected chi connectivity index (χ2v) is 3.77. The van der Waals surface area contributed by atoms with E-state index in [0.717, 1.165) is 0 Å². The number of nitro groups is 1. The molecule has 1 aromatic rings. The van der Waals surface area contributed by atoms with E-state index in [1.807, 2.05) is 13.8 Å². The first-order valence-electron chi connectivity index (χ1n) is 5.15. The Bertz CT molecular complexity index is 418. The summed E-state index contributed by atoms with van der Waals surface area (Å²) < 4.78 is 5.14. The van der Waals surface area contributed by atoms with Gasteiger partial charge in [0.15, 0.2) is 6.61 Å². The lowest BCUT2D eigenvalue weighted by atomic mass is 10.3. The molecule has 1 aromatic carbocycles. The van der Waals surface area contributed by atoms with Crippen LogP contribution in [0.2, 0.25) is 0 Å². The Balaban J connectivity index is 2.54. The van der Waals surface area contributed by atoms with Crippen molar-refractivity contribution in [3.8, 4) is 5.75 Å². The number of ether oxygens (including phenoxy) is 1. The van der Waals surface area contributed by atoms with Crippen LogP contribution in [0.5, 0.6) is 5.75 Å². The number of carbonyl (C=O) groups excluding carboxylic acids is 1. The minimum absolute atomic E-state index is 0.0382. The van der Waals surface area contributed by atoms with Gasteiger partial charge in [0.2, 0.25) is 0 Å². The van der Waals surface area contributed by atoms with Gasteiger partial charge in [-0.3, -0.25) is 14.9 Å². The first kappa shape index (κ1) is 13.0. The number of hydrogen-bond acceptors (Lipinski definition) is 4. The van der Waals surface area contributed by atoms with E-state index in [1.54, 1.807) is 6.07 Å². The summed E-state index contributed by atoms with van der Waals surface area (Å²) in [5.41, 5.74) is -0.0632. The third-order valence-electron chi connectivity index (χ3n) is 1.85. The Hall–Kier alpha value is -2.11. The molecule has 1 amide bonds. The molecule has 0 aromatic heterocycles. The van der Waals surface area contributed by atoms with Crippen molar-refractivity contribution in [3.05, 3.63) is 34.4 Å². The summed E-state index contributed by atoms with van der Waals surface area (Å²) in [6.45, 7) is 3.52. The first-order chi connectivity index (χ1) is 7.99. The highest BCUT2D eigenvalue weighted by molar-refractivity contribution is 5.77. The molecule has 0 atom stereocenters. The Kier molecular flexibility index (Phi) is 4.45. The molecule has 0 bridgehead atoms. The van der Waals surface area contributed by atoms with Crippen LogP contribution in [0.15, 0.2) is 24.3 Å². The van der Waals surface area contributed by atoms with Gasteiger partial charge < -0.3 is 10.1 Å². The Morgan fingerprint density at radius 1 is 1.53 bits per heavy atom. The lowest BCUT2D eigenvalue weighted by Crippen LogP contribution is -2.34. The molecule has 1 rings (SSSR count). The quantitative estimate of drug-likeness (QED) is 0.622. The van der Waals surface area contributed by atoms with Gasteiger partial charge in [-0.05, 0) is 19.9 Å². The van der Waals surface area contributed by atoms with Crippen molar-refractivity contribution in [2.24, 2.45) is 0 Å². The molecule has 0 aliphatic rings. The van der Waals surface area contributed by atoms with E-state index in [1.165, 1.54) is 18.2 Å². The molecule has 17 heavy (non-hydrogen) atoms. The molecule has 0 fully saturated rings. The van der Waals surface area contributed by atoms with Crippen LogP contribution < -0.4 is 10.1 Å². The second kappa shape index (κ2) is 5.83. The van der Waals surface area contributed by atoms with Crippen molar-refractivity contribution in [3.63, 3.8) is 0 Å². The third kappa shape index (κ3) is 4.50. The topological polar surface area (TPSA) is 81.5 Å². The monoisotopic (exact) mass is 238 g/mol. The van der Waals surface area contributed by atoms with Crippen molar-refractivity contribution in [1.29, 1.82) is 0 Å². The highest BCUT2D eigenvalue weighted by Crippen LogP contribution is 2.18. The molecule has 92 valence electrons. The highest BCUT2D eigenvalue weighted by atomic mass is 16.6. The summed E-state index contributed by atoms with van der Waals surface area (Å²) >= 11 is 0. The Morgan fingerprint density at radius 3 is 2.82 bits per heavy atom. The number of non-ortho nitro benzene ring substituents is 1. The number of amides is 1. The van der Waals surface area contributed by atoms with Crippen LogP contribution in [0.3, 0.4) is 0 Å². The van der Waals surface area contributed by atoms with E-state index in [4.69, 9.17) is 4.74 Å². The molecule has 0 heterocycles. The van der Waals surface area contributed by atoms with Crippen LogP contribution in [-0.4, -0.2) is 23.5 Å². The number of nitrogens with zero attached hydrogens (tertiary/aromatic N) is 1. The fourth-order valence-corrected chi connectivity index (χ4v) is 1.20. The lowest BCUT2D eigenvalue weighted by molar-refractivity contribution is -0.384. The highest BCUT2D eigenvalue weighted by Gasteiger charge is 2.08. The largest absolute Gasteiger partial charge is 0.484 e. The fraction of sp³-hybridized carbons (Fsp3) is 0.364. The number of carbonyl (C=O) groups is 1. The maximum Gasteiger partial charge on any atom is 0.273 e. The summed E-state index contributed by atoms with van der Waals surface area (Å²) in [6, 6.07) is 5.75. The molecule has 0 aliphatic heterocycles.